The molecule has 0 saturated carbocycles. The molecular weight excluding hydrogens is 376 g/mol. The van der Waals surface area contributed by atoms with Gasteiger partial charge in [0.15, 0.2) is 0 Å². The Balaban J connectivity index is 2.27. The molecule has 7 heteroatoms. The first-order chi connectivity index (χ1) is 13.2. The van der Waals surface area contributed by atoms with Crippen molar-refractivity contribution in [3.05, 3.63) is 47.8 Å². The molecule has 1 aromatic rings. The van der Waals surface area contributed by atoms with Gasteiger partial charge in [0.25, 0.3) is 0 Å². The van der Waals surface area contributed by atoms with Gasteiger partial charge in [0.1, 0.15) is 0 Å². The standard InChI is InChI=1S/C21H19N2O4S/c1-12(24)22(13(2)25)18-7-5-16-9-17-6-8-19(23(14(3)26)15(4)27)11-21(17)28-20(16)10-18/h5-11H,1-4H3/q+1. The Hall–Kier alpha value is -3.19. The van der Waals surface area contributed by atoms with Gasteiger partial charge in [-0.15, -0.1) is 11.3 Å². The fourth-order valence-electron chi connectivity index (χ4n) is 3.20. The molecule has 0 bridgehead atoms. The summed E-state index contributed by atoms with van der Waals surface area (Å²) in [6, 6.07) is 12.8. The monoisotopic (exact) mass is 395 g/mol. The van der Waals surface area contributed by atoms with Crippen molar-refractivity contribution in [1.29, 1.82) is 0 Å². The maximum Gasteiger partial charge on any atom is 0.392 e. The zero-order chi connectivity index (χ0) is 20.6. The molecule has 1 aromatic carbocycles. The molecule has 1 heterocycles. The maximum absolute atomic E-state index is 11.8. The lowest BCUT2D eigenvalue weighted by Crippen LogP contribution is -2.37. The van der Waals surface area contributed by atoms with E-state index in [1.165, 1.54) is 39.0 Å². The second-order valence-electron chi connectivity index (χ2n) is 6.44. The van der Waals surface area contributed by atoms with Crippen LogP contribution in [0.15, 0.2) is 42.5 Å². The Morgan fingerprint density at radius 3 is 2.04 bits per heavy atom. The third kappa shape index (κ3) is 3.61. The van der Waals surface area contributed by atoms with Gasteiger partial charge in [-0.1, -0.05) is 10.6 Å². The topological polar surface area (TPSA) is 74.5 Å². The van der Waals surface area contributed by atoms with Crippen LogP contribution in [0.25, 0.3) is 20.5 Å². The van der Waals surface area contributed by atoms with E-state index in [0.29, 0.717) is 11.0 Å². The van der Waals surface area contributed by atoms with E-state index in [9.17, 15) is 19.2 Å². The van der Waals surface area contributed by atoms with Gasteiger partial charge in [-0.05, 0) is 35.2 Å². The normalized spacial score (nSPS) is 10.7. The lowest BCUT2D eigenvalue weighted by Gasteiger charge is -2.18. The van der Waals surface area contributed by atoms with Crippen LogP contribution in [0.4, 0.5) is 5.69 Å². The molecule has 0 atom stereocenters. The van der Waals surface area contributed by atoms with E-state index < -0.39 is 0 Å². The first kappa shape index (κ1) is 19.6. The highest BCUT2D eigenvalue weighted by atomic mass is 32.1. The molecule has 1 aliphatic carbocycles. The summed E-state index contributed by atoms with van der Waals surface area (Å²) in [4.78, 5) is 49.3. The van der Waals surface area contributed by atoms with Crippen LogP contribution in [-0.2, 0) is 19.2 Å². The van der Waals surface area contributed by atoms with E-state index >= 15 is 0 Å². The largest absolute Gasteiger partial charge is 0.392 e. The van der Waals surface area contributed by atoms with Crippen LogP contribution in [0.5, 0.6) is 0 Å². The van der Waals surface area contributed by atoms with Crippen LogP contribution < -0.4 is 14.8 Å². The summed E-state index contributed by atoms with van der Waals surface area (Å²) in [5.41, 5.74) is 1.48. The van der Waals surface area contributed by atoms with Crippen LogP contribution in [0.1, 0.15) is 27.7 Å². The molecular formula is C21H19N2O4S+. The summed E-state index contributed by atoms with van der Waals surface area (Å²) >= 11 is 1.46. The molecule has 28 heavy (non-hydrogen) atoms. The molecule has 0 unspecified atom stereocenters. The number of nitrogens with zero attached hydrogens (tertiary/aromatic N) is 2. The van der Waals surface area contributed by atoms with Gasteiger partial charge in [0.05, 0.1) is 19.5 Å². The summed E-state index contributed by atoms with van der Waals surface area (Å²) in [5, 5.41) is 1.48. The predicted molar refractivity (Wildman–Crippen MR) is 109 cm³/mol. The van der Waals surface area contributed by atoms with E-state index in [1.54, 1.807) is 24.3 Å². The zero-order valence-electron chi connectivity index (χ0n) is 16.0. The Kier molecular flexibility index (Phi) is 5.20. The highest BCUT2D eigenvalue weighted by Crippen LogP contribution is 2.34. The van der Waals surface area contributed by atoms with Crippen molar-refractivity contribution in [2.24, 2.45) is 0 Å². The molecule has 0 N–H and O–H groups in total. The van der Waals surface area contributed by atoms with Crippen molar-refractivity contribution in [2.45, 2.75) is 27.7 Å². The lowest BCUT2D eigenvalue weighted by molar-refractivity contribution is -0.131. The Labute approximate surface area is 165 Å². The number of benzene rings is 2. The van der Waals surface area contributed by atoms with Crippen molar-refractivity contribution >= 4 is 50.7 Å². The number of hydrogen-bond donors (Lipinski definition) is 0. The minimum atomic E-state index is -0.349. The molecule has 4 amide bonds. The predicted octanol–water partition coefficient (Wildman–Crippen LogP) is 2.77. The van der Waals surface area contributed by atoms with Crippen LogP contribution in [0.2, 0.25) is 0 Å². The third-order valence-corrected chi connectivity index (χ3v) is 5.45. The number of hydrogen-bond acceptors (Lipinski definition) is 5. The highest BCUT2D eigenvalue weighted by molar-refractivity contribution is 7.21. The van der Waals surface area contributed by atoms with E-state index in [0.717, 1.165) is 30.0 Å². The first-order valence-electron chi connectivity index (χ1n) is 8.62. The zero-order valence-corrected chi connectivity index (χ0v) is 16.8. The first-order valence-corrected chi connectivity index (χ1v) is 9.44. The maximum atomic E-state index is 11.8. The minimum absolute atomic E-state index is 0.349. The van der Waals surface area contributed by atoms with Crippen LogP contribution in [-0.4, -0.2) is 23.6 Å². The molecule has 2 aliphatic rings. The van der Waals surface area contributed by atoms with Crippen molar-refractivity contribution in [2.75, 3.05) is 4.90 Å². The molecule has 0 radical (unpaired) electrons. The summed E-state index contributed by atoms with van der Waals surface area (Å²) in [7, 11) is 0. The van der Waals surface area contributed by atoms with Gasteiger partial charge in [-0.25, -0.2) is 9.59 Å². The van der Waals surface area contributed by atoms with E-state index in [4.69, 9.17) is 0 Å². The minimum Gasteiger partial charge on any atom is -0.274 e. The van der Waals surface area contributed by atoms with Gasteiger partial charge >= 0.3 is 11.8 Å². The van der Waals surface area contributed by atoms with Crippen molar-refractivity contribution < 1.29 is 19.2 Å². The number of carbonyl (C=O) groups excluding carboxylic acids is 4. The number of amides is 4. The average molecular weight is 395 g/mol. The lowest BCUT2D eigenvalue weighted by atomic mass is 10.1. The van der Waals surface area contributed by atoms with E-state index in [2.05, 4.69) is 0 Å². The second kappa shape index (κ2) is 7.44. The average Bonchev–Trinajstić information content (AvgIpc) is 2.58. The molecule has 6 nitrogen and oxygen atoms in total. The molecule has 1 aliphatic heterocycles. The van der Waals surface area contributed by atoms with E-state index in [-0.39, 0.29) is 23.6 Å². The smallest absolute Gasteiger partial charge is 0.274 e. The van der Waals surface area contributed by atoms with Crippen molar-refractivity contribution in [3.8, 4) is 10.4 Å². The fourth-order valence-corrected chi connectivity index (χ4v) is 4.28. The Bertz CT molecular complexity index is 1160. The summed E-state index contributed by atoms with van der Waals surface area (Å²) in [5.74, 6) is -1.39. The molecule has 0 spiro atoms. The Morgan fingerprint density at radius 1 is 0.821 bits per heavy atom. The quantitative estimate of drug-likeness (QED) is 0.469. The van der Waals surface area contributed by atoms with Gasteiger partial charge < -0.3 is 0 Å². The van der Waals surface area contributed by atoms with Crippen molar-refractivity contribution in [3.63, 3.8) is 0 Å². The van der Waals surface area contributed by atoms with Gasteiger partial charge in [-0.2, -0.15) is 0 Å². The number of rotatable bonds is 1. The van der Waals surface area contributed by atoms with Gasteiger partial charge in [0, 0.05) is 35.6 Å². The SMILES string of the molecule is CC(=O)N(C(C)=O)c1ccc2cc3ccc(=[N+](C(C)=O)C(C)=O)cc-3sc2c1. The third-order valence-electron chi connectivity index (χ3n) is 4.30. The summed E-state index contributed by atoms with van der Waals surface area (Å²) < 4.78 is 2.01. The molecule has 0 fully saturated rings. The Morgan fingerprint density at radius 2 is 1.46 bits per heavy atom. The summed E-state index contributed by atoms with van der Waals surface area (Å²) in [6.07, 6.45) is 0. The number of imide groups is 2. The molecule has 142 valence electrons. The van der Waals surface area contributed by atoms with E-state index in [1.807, 2.05) is 18.2 Å². The molecule has 0 saturated heterocycles. The number of anilines is 1. The van der Waals surface area contributed by atoms with Crippen LogP contribution in [0, 0.1) is 0 Å². The van der Waals surface area contributed by atoms with Crippen molar-refractivity contribution in [1.82, 2.24) is 4.58 Å². The van der Waals surface area contributed by atoms with Gasteiger partial charge in [0.2, 0.25) is 17.2 Å². The molecule has 0 aromatic heterocycles. The highest BCUT2D eigenvalue weighted by Gasteiger charge is 2.20. The number of fused-ring (bicyclic) bond motifs is 2. The van der Waals surface area contributed by atoms with Gasteiger partial charge in [-0.3, -0.25) is 14.5 Å². The fraction of sp³-hybridized carbons (Fsp3) is 0.190. The number of carbonyl (C=O) groups is 4. The molecule has 3 rings (SSSR count). The van der Waals surface area contributed by atoms with Crippen LogP contribution in [0.3, 0.4) is 0 Å². The van der Waals surface area contributed by atoms with Crippen LogP contribution >= 0.6 is 11.3 Å². The summed E-state index contributed by atoms with van der Waals surface area (Å²) in [6.45, 7) is 5.39. The second-order valence-corrected chi connectivity index (χ2v) is 7.52.